The van der Waals surface area contributed by atoms with Crippen LogP contribution in [0.1, 0.15) is 81.0 Å². The molecule has 3 aliphatic carbocycles. The lowest BCUT2D eigenvalue weighted by Crippen LogP contribution is -2.73. The van der Waals surface area contributed by atoms with E-state index in [0.29, 0.717) is 10.6 Å². The molecule has 0 unspecified atom stereocenters. The number of benzene rings is 3. The highest BCUT2D eigenvalue weighted by atomic mass is 35.5. The number of aliphatic hydroxyl groups excluding tert-OH is 2. The highest BCUT2D eigenvalue weighted by molar-refractivity contribution is 6.31. The van der Waals surface area contributed by atoms with E-state index in [9.17, 15) is 49.5 Å². The number of carbonyl (C=O) groups excluding carboxylic acids is 5. The van der Waals surface area contributed by atoms with Crippen LogP contribution >= 0.6 is 11.6 Å². The Morgan fingerprint density at radius 1 is 0.947 bits per heavy atom. The van der Waals surface area contributed by atoms with E-state index in [1.54, 1.807) is 31.2 Å². The number of ether oxygens (including phenoxy) is 4. The molecule has 0 saturated carbocycles. The van der Waals surface area contributed by atoms with Gasteiger partial charge in [0.05, 0.1) is 34.6 Å². The molecule has 57 heavy (non-hydrogen) atoms. The summed E-state index contributed by atoms with van der Waals surface area (Å²) in [6.07, 6.45) is -6.62. The average molecular weight is 807 g/mol. The van der Waals surface area contributed by atoms with E-state index in [0.717, 1.165) is 19.3 Å². The SMILES string of the molecule is CO[C@@H]1[C@@H](O)[C@@H](OC)[C@@H](NC2=CC(=O)c3c(cc4c(c3O)C(=O)[C@]3(OC)[C@H](O)Cc5cc(C)c(C(=O)NCc6ccc(Cl)cc6)c(O)c5[C@]3(O)C4=O)C2=O)O[C@H]1C. The standard InChI is InChI=1S/C40H39ClN2O14/c1-15-10-18-11-24(45)40(56-5)36(51)27-21(35(50)39(40,53)28(18)31(48)25(15)37(52)42-14-17-6-8-19(41)9-7-17)12-20-26(30(27)47)23(44)13-22(29(20)46)43-38-34(55-4)32(49)33(54-3)16(2)57-38/h6-10,12-13,16,24,32-34,38,43,45,47-49,53H,11,14H2,1-5H3,(H,42,52)/t16-,24+,32+,33-,34+,38-,39-,40+/m0/s1. The Hall–Kier alpha value is -5.04. The second-order valence-electron chi connectivity index (χ2n) is 14.4. The Kier molecular flexibility index (Phi) is 10.2. The molecule has 0 radical (unpaired) electrons. The molecule has 16 nitrogen and oxygen atoms in total. The van der Waals surface area contributed by atoms with Gasteiger partial charge in [-0.3, -0.25) is 24.0 Å². The van der Waals surface area contributed by atoms with Gasteiger partial charge < -0.3 is 55.1 Å². The maximum Gasteiger partial charge on any atom is 0.255 e. The molecule has 1 aliphatic heterocycles. The number of aryl methyl sites for hydroxylation is 1. The normalized spacial score (nSPS) is 29.2. The summed E-state index contributed by atoms with van der Waals surface area (Å²) in [4.78, 5) is 70.8. The number of aromatic hydroxyl groups is 2. The number of phenols is 2. The molecule has 0 spiro atoms. The van der Waals surface area contributed by atoms with Gasteiger partial charge in [-0.1, -0.05) is 29.8 Å². The van der Waals surface area contributed by atoms with Gasteiger partial charge in [-0.25, -0.2) is 0 Å². The van der Waals surface area contributed by atoms with Gasteiger partial charge >= 0.3 is 0 Å². The number of methoxy groups -OCH3 is 3. The Bertz CT molecular complexity index is 2290. The maximum absolute atomic E-state index is 14.9. The van der Waals surface area contributed by atoms with Gasteiger partial charge in [-0.05, 0) is 48.7 Å². The first kappa shape index (κ1) is 40.2. The number of nitrogens with one attached hydrogen (secondary N) is 2. The largest absolute Gasteiger partial charge is 0.507 e. The Morgan fingerprint density at radius 3 is 2.25 bits per heavy atom. The van der Waals surface area contributed by atoms with Gasteiger partial charge in [0.2, 0.25) is 17.3 Å². The first-order valence-corrected chi connectivity index (χ1v) is 18.2. The molecule has 1 saturated heterocycles. The Labute approximate surface area is 329 Å². The first-order chi connectivity index (χ1) is 27.0. The molecular formula is C40H39ClN2O14. The van der Waals surface area contributed by atoms with E-state index in [1.807, 2.05) is 0 Å². The highest BCUT2D eigenvalue weighted by Crippen LogP contribution is 2.56. The number of hydrogen-bond acceptors (Lipinski definition) is 15. The van der Waals surface area contributed by atoms with E-state index in [4.69, 9.17) is 30.5 Å². The minimum atomic E-state index is -3.26. The molecule has 1 fully saturated rings. The lowest BCUT2D eigenvalue weighted by atomic mass is 9.56. The van der Waals surface area contributed by atoms with E-state index < -0.39 is 123 Å². The van der Waals surface area contributed by atoms with Crippen molar-refractivity contribution in [2.24, 2.45) is 0 Å². The number of fused-ring (bicyclic) bond motifs is 5. The number of allylic oxidation sites excluding steroid dienone is 2. The third-order valence-corrected chi connectivity index (χ3v) is 11.6. The van der Waals surface area contributed by atoms with Crippen LogP contribution in [0.5, 0.6) is 11.5 Å². The number of aliphatic hydroxyl groups is 3. The minimum Gasteiger partial charge on any atom is -0.507 e. The van der Waals surface area contributed by atoms with Crippen molar-refractivity contribution in [1.82, 2.24) is 10.6 Å². The van der Waals surface area contributed by atoms with E-state index in [1.165, 1.54) is 27.2 Å². The van der Waals surface area contributed by atoms with Crippen molar-refractivity contribution in [3.63, 3.8) is 0 Å². The van der Waals surface area contributed by atoms with Gasteiger partial charge in [0.1, 0.15) is 29.8 Å². The fourth-order valence-corrected chi connectivity index (χ4v) is 8.77. The number of rotatable bonds is 8. The molecule has 4 aliphatic rings. The topological polar surface area (TPSA) is 247 Å². The maximum atomic E-state index is 14.9. The van der Waals surface area contributed by atoms with E-state index >= 15 is 0 Å². The van der Waals surface area contributed by atoms with Crippen molar-refractivity contribution in [2.75, 3.05) is 21.3 Å². The molecule has 0 bridgehead atoms. The number of Topliss-reactive ketones (excluding diaryl/α,β-unsaturated/α-hetero) is 3. The molecule has 3 aromatic rings. The van der Waals surface area contributed by atoms with Crippen molar-refractivity contribution in [2.45, 2.75) is 74.8 Å². The summed E-state index contributed by atoms with van der Waals surface area (Å²) >= 11 is 5.97. The van der Waals surface area contributed by atoms with Gasteiger partial charge in [-0.2, -0.15) is 0 Å². The predicted octanol–water partition coefficient (Wildman–Crippen LogP) is 1.55. The molecule has 300 valence electrons. The first-order valence-electron chi connectivity index (χ1n) is 17.8. The summed E-state index contributed by atoms with van der Waals surface area (Å²) < 4.78 is 22.2. The zero-order valence-electron chi connectivity index (χ0n) is 31.2. The smallest absolute Gasteiger partial charge is 0.255 e. The van der Waals surface area contributed by atoms with Crippen LogP contribution in [0.3, 0.4) is 0 Å². The van der Waals surface area contributed by atoms with E-state index in [-0.39, 0.29) is 28.9 Å². The van der Waals surface area contributed by atoms with Gasteiger partial charge in [0.25, 0.3) is 5.91 Å². The van der Waals surface area contributed by atoms with Crippen molar-refractivity contribution < 1.29 is 68.5 Å². The number of ketones is 4. The van der Waals surface area contributed by atoms with Crippen molar-refractivity contribution >= 4 is 40.6 Å². The van der Waals surface area contributed by atoms with Crippen LogP contribution in [0.4, 0.5) is 0 Å². The number of amides is 1. The van der Waals surface area contributed by atoms with Gasteiger partial charge in [0, 0.05) is 62.1 Å². The average Bonchev–Trinajstić information content (AvgIpc) is 3.15. The summed E-state index contributed by atoms with van der Waals surface area (Å²) in [6.45, 7) is 3.10. The molecule has 1 amide bonds. The zero-order chi connectivity index (χ0) is 41.5. The fraction of sp³-hybridized carbons (Fsp3) is 0.375. The minimum absolute atomic E-state index is 0.00156. The lowest BCUT2D eigenvalue weighted by Gasteiger charge is -2.53. The number of halogens is 1. The van der Waals surface area contributed by atoms with E-state index in [2.05, 4.69) is 10.6 Å². The summed E-state index contributed by atoms with van der Waals surface area (Å²) in [5, 5.41) is 64.5. The Morgan fingerprint density at radius 2 is 1.61 bits per heavy atom. The van der Waals surface area contributed by atoms with Crippen LogP contribution in [0, 0.1) is 6.92 Å². The second-order valence-corrected chi connectivity index (χ2v) is 14.8. The predicted molar refractivity (Wildman–Crippen MR) is 197 cm³/mol. The Balaban J connectivity index is 1.32. The molecule has 7 rings (SSSR count). The summed E-state index contributed by atoms with van der Waals surface area (Å²) in [6, 6.07) is 8.82. The van der Waals surface area contributed by atoms with Crippen LogP contribution in [0.25, 0.3) is 0 Å². The van der Waals surface area contributed by atoms with Gasteiger partial charge in [-0.15, -0.1) is 0 Å². The molecule has 8 atom stereocenters. The lowest BCUT2D eigenvalue weighted by molar-refractivity contribution is -0.236. The van der Waals surface area contributed by atoms with Crippen LogP contribution in [-0.4, -0.2) is 118 Å². The molecule has 1 heterocycles. The van der Waals surface area contributed by atoms with Gasteiger partial charge in [0.15, 0.2) is 23.2 Å². The third kappa shape index (κ3) is 5.73. The molecule has 7 N–H and O–H groups in total. The molecule has 17 heteroatoms. The van der Waals surface area contributed by atoms with Crippen LogP contribution in [0.2, 0.25) is 5.02 Å². The molecular weight excluding hydrogens is 768 g/mol. The van der Waals surface area contributed by atoms with Crippen LogP contribution in [-0.2, 0) is 37.5 Å². The van der Waals surface area contributed by atoms with Crippen LogP contribution in [0.15, 0.2) is 48.2 Å². The number of phenolic OH excluding ortho intramolecular Hbond substituents is 2. The monoisotopic (exact) mass is 806 g/mol. The van der Waals surface area contributed by atoms with Crippen molar-refractivity contribution in [1.29, 1.82) is 0 Å². The zero-order valence-corrected chi connectivity index (χ0v) is 32.0. The van der Waals surface area contributed by atoms with Crippen molar-refractivity contribution in [3.8, 4) is 11.5 Å². The molecule has 0 aromatic heterocycles. The highest BCUT2D eigenvalue weighted by Gasteiger charge is 2.72. The summed E-state index contributed by atoms with van der Waals surface area (Å²) in [5.74, 6) is -7.43. The second kappa shape index (κ2) is 14.4. The molecule has 3 aromatic carbocycles. The summed E-state index contributed by atoms with van der Waals surface area (Å²) in [7, 11) is 3.59. The van der Waals surface area contributed by atoms with Crippen molar-refractivity contribution in [3.05, 3.63) is 103 Å². The summed E-state index contributed by atoms with van der Waals surface area (Å²) in [5.41, 5.74) is -9.40. The number of hydrogen-bond donors (Lipinski definition) is 7. The number of carbonyl (C=O) groups is 5. The quantitative estimate of drug-likeness (QED) is 0.171. The fourth-order valence-electron chi connectivity index (χ4n) is 8.65. The third-order valence-electron chi connectivity index (χ3n) is 11.4. The van der Waals surface area contributed by atoms with Crippen LogP contribution < -0.4 is 10.6 Å².